The summed E-state index contributed by atoms with van der Waals surface area (Å²) >= 11 is 0. The van der Waals surface area contributed by atoms with E-state index in [4.69, 9.17) is 5.11 Å². The van der Waals surface area contributed by atoms with Crippen LogP contribution in [0.4, 0.5) is 10.5 Å². The van der Waals surface area contributed by atoms with Gasteiger partial charge in [-0.05, 0) is 25.5 Å². The first-order chi connectivity index (χ1) is 5.59. The van der Waals surface area contributed by atoms with E-state index in [-0.39, 0.29) is 0 Å². The first-order valence-electron chi connectivity index (χ1n) is 3.67. The molecule has 0 aliphatic carbocycles. The van der Waals surface area contributed by atoms with Gasteiger partial charge < -0.3 is 5.11 Å². The molecule has 0 saturated carbocycles. The fourth-order valence-corrected chi connectivity index (χ4v) is 1.07. The predicted octanol–water partition coefficient (Wildman–Crippen LogP) is 2.39. The average Bonchev–Trinajstić information content (AvgIpc) is 1.94. The molecule has 0 saturated heterocycles. The maximum Gasteiger partial charge on any atom is 0.409 e. The zero-order valence-corrected chi connectivity index (χ0v) is 7.09. The molecule has 0 fully saturated rings. The molecule has 0 aromatic heterocycles. The number of aryl methyl sites for hydroxylation is 2. The van der Waals surface area contributed by atoms with Crippen molar-refractivity contribution in [2.75, 3.05) is 5.32 Å². The standard InChI is InChI=1S/C9H11NO2/c1-6-3-4-8(7(2)5-6)10-9(11)12/h3-5,10H,1-2H3,(H,11,12). The summed E-state index contributed by atoms with van der Waals surface area (Å²) in [4.78, 5) is 10.3. The lowest BCUT2D eigenvalue weighted by molar-refractivity contribution is 0.209. The number of nitrogens with one attached hydrogen (secondary N) is 1. The van der Waals surface area contributed by atoms with Gasteiger partial charge in [0.2, 0.25) is 0 Å². The maximum atomic E-state index is 10.3. The van der Waals surface area contributed by atoms with Crippen molar-refractivity contribution in [1.82, 2.24) is 0 Å². The third-order valence-corrected chi connectivity index (χ3v) is 1.62. The van der Waals surface area contributed by atoms with Crippen LogP contribution in [0.2, 0.25) is 0 Å². The van der Waals surface area contributed by atoms with Crippen molar-refractivity contribution in [3.8, 4) is 0 Å². The zero-order valence-electron chi connectivity index (χ0n) is 7.09. The highest BCUT2D eigenvalue weighted by molar-refractivity contribution is 5.83. The molecule has 3 heteroatoms. The Morgan fingerprint density at radius 3 is 2.58 bits per heavy atom. The fourth-order valence-electron chi connectivity index (χ4n) is 1.07. The second-order valence-corrected chi connectivity index (χ2v) is 2.75. The van der Waals surface area contributed by atoms with Crippen LogP contribution in [0.1, 0.15) is 11.1 Å². The Morgan fingerprint density at radius 1 is 1.42 bits per heavy atom. The number of benzene rings is 1. The van der Waals surface area contributed by atoms with Gasteiger partial charge in [0.25, 0.3) is 0 Å². The Labute approximate surface area is 71.0 Å². The molecule has 64 valence electrons. The summed E-state index contributed by atoms with van der Waals surface area (Å²) in [5.74, 6) is 0. The van der Waals surface area contributed by atoms with Crippen molar-refractivity contribution < 1.29 is 9.90 Å². The highest BCUT2D eigenvalue weighted by Crippen LogP contribution is 2.15. The molecular weight excluding hydrogens is 154 g/mol. The molecule has 0 aliphatic rings. The SMILES string of the molecule is Cc1ccc(NC(=O)O)c(C)c1. The number of rotatable bonds is 1. The van der Waals surface area contributed by atoms with E-state index in [1.54, 1.807) is 6.07 Å². The van der Waals surface area contributed by atoms with E-state index in [2.05, 4.69) is 5.32 Å². The van der Waals surface area contributed by atoms with Crippen molar-refractivity contribution in [2.45, 2.75) is 13.8 Å². The highest BCUT2D eigenvalue weighted by Gasteiger charge is 2.00. The Morgan fingerprint density at radius 2 is 2.08 bits per heavy atom. The van der Waals surface area contributed by atoms with Crippen LogP contribution in [0, 0.1) is 13.8 Å². The molecule has 0 atom stereocenters. The third kappa shape index (κ3) is 1.99. The van der Waals surface area contributed by atoms with Gasteiger partial charge in [-0.1, -0.05) is 17.7 Å². The van der Waals surface area contributed by atoms with E-state index in [1.807, 2.05) is 26.0 Å². The molecule has 0 unspecified atom stereocenters. The Kier molecular flexibility index (Phi) is 2.33. The third-order valence-electron chi connectivity index (χ3n) is 1.62. The van der Waals surface area contributed by atoms with Gasteiger partial charge in [0.05, 0.1) is 0 Å². The van der Waals surface area contributed by atoms with Crippen LogP contribution in [-0.2, 0) is 0 Å². The summed E-state index contributed by atoms with van der Waals surface area (Å²) in [6.07, 6.45) is -1.03. The monoisotopic (exact) mass is 165 g/mol. The van der Waals surface area contributed by atoms with Gasteiger partial charge in [0.15, 0.2) is 0 Å². The van der Waals surface area contributed by atoms with Crippen molar-refractivity contribution in [2.24, 2.45) is 0 Å². The summed E-state index contributed by atoms with van der Waals surface area (Å²) in [7, 11) is 0. The van der Waals surface area contributed by atoms with Crippen LogP contribution < -0.4 is 5.32 Å². The number of anilines is 1. The number of carboxylic acid groups (broad SMARTS) is 1. The molecule has 0 bridgehead atoms. The normalized spacial score (nSPS) is 9.50. The number of carbonyl (C=O) groups is 1. The van der Waals surface area contributed by atoms with E-state index in [0.717, 1.165) is 11.1 Å². The molecule has 0 spiro atoms. The number of hydrogen-bond donors (Lipinski definition) is 2. The molecule has 12 heavy (non-hydrogen) atoms. The van der Waals surface area contributed by atoms with Gasteiger partial charge in [-0.2, -0.15) is 0 Å². The van der Waals surface area contributed by atoms with Crippen LogP contribution in [0.25, 0.3) is 0 Å². The lowest BCUT2D eigenvalue weighted by Gasteiger charge is -2.05. The van der Waals surface area contributed by atoms with Crippen LogP contribution in [-0.4, -0.2) is 11.2 Å². The molecule has 1 amide bonds. The van der Waals surface area contributed by atoms with Crippen LogP contribution in [0.3, 0.4) is 0 Å². The van der Waals surface area contributed by atoms with Crippen LogP contribution >= 0.6 is 0 Å². The average molecular weight is 165 g/mol. The number of amides is 1. The van der Waals surface area contributed by atoms with E-state index >= 15 is 0 Å². The first kappa shape index (κ1) is 8.59. The van der Waals surface area contributed by atoms with Crippen LogP contribution in [0.5, 0.6) is 0 Å². The van der Waals surface area contributed by atoms with Gasteiger partial charge in [-0.15, -0.1) is 0 Å². The molecular formula is C9H11NO2. The minimum Gasteiger partial charge on any atom is -0.465 e. The van der Waals surface area contributed by atoms with E-state index in [9.17, 15) is 4.79 Å². The maximum absolute atomic E-state index is 10.3. The number of hydrogen-bond acceptors (Lipinski definition) is 1. The smallest absolute Gasteiger partial charge is 0.409 e. The molecule has 0 heterocycles. The fraction of sp³-hybridized carbons (Fsp3) is 0.222. The van der Waals surface area contributed by atoms with Crippen molar-refractivity contribution in [3.63, 3.8) is 0 Å². The summed E-state index contributed by atoms with van der Waals surface area (Å²) < 4.78 is 0. The lowest BCUT2D eigenvalue weighted by atomic mass is 10.1. The second-order valence-electron chi connectivity index (χ2n) is 2.75. The van der Waals surface area contributed by atoms with Gasteiger partial charge >= 0.3 is 6.09 Å². The molecule has 0 radical (unpaired) electrons. The van der Waals surface area contributed by atoms with E-state index in [1.165, 1.54) is 0 Å². The summed E-state index contributed by atoms with van der Waals surface area (Å²) in [6, 6.07) is 5.57. The Hall–Kier alpha value is -1.51. The highest BCUT2D eigenvalue weighted by atomic mass is 16.4. The predicted molar refractivity (Wildman–Crippen MR) is 47.6 cm³/mol. The molecule has 1 aromatic rings. The van der Waals surface area contributed by atoms with Crippen LogP contribution in [0.15, 0.2) is 18.2 Å². The zero-order chi connectivity index (χ0) is 9.14. The topological polar surface area (TPSA) is 49.3 Å². The molecule has 1 aromatic carbocycles. The second kappa shape index (κ2) is 3.26. The summed E-state index contributed by atoms with van der Waals surface area (Å²) in [5.41, 5.74) is 2.72. The Bertz CT molecular complexity index is 307. The van der Waals surface area contributed by atoms with Gasteiger partial charge in [0, 0.05) is 5.69 Å². The minimum atomic E-state index is -1.03. The van der Waals surface area contributed by atoms with E-state index in [0.29, 0.717) is 5.69 Å². The van der Waals surface area contributed by atoms with Gasteiger partial charge in [-0.3, -0.25) is 5.32 Å². The largest absolute Gasteiger partial charge is 0.465 e. The summed E-state index contributed by atoms with van der Waals surface area (Å²) in [5, 5.41) is 10.8. The summed E-state index contributed by atoms with van der Waals surface area (Å²) in [6.45, 7) is 3.84. The first-order valence-corrected chi connectivity index (χ1v) is 3.67. The molecule has 2 N–H and O–H groups in total. The van der Waals surface area contributed by atoms with Crippen molar-refractivity contribution in [1.29, 1.82) is 0 Å². The quantitative estimate of drug-likeness (QED) is 0.671. The Balaban J connectivity index is 2.93. The lowest BCUT2D eigenvalue weighted by Crippen LogP contribution is -2.08. The molecule has 1 rings (SSSR count). The molecule has 3 nitrogen and oxygen atoms in total. The van der Waals surface area contributed by atoms with Crippen molar-refractivity contribution in [3.05, 3.63) is 29.3 Å². The van der Waals surface area contributed by atoms with Crippen molar-refractivity contribution >= 4 is 11.8 Å². The van der Waals surface area contributed by atoms with Gasteiger partial charge in [0.1, 0.15) is 0 Å². The minimum absolute atomic E-state index is 0.646. The van der Waals surface area contributed by atoms with E-state index < -0.39 is 6.09 Å². The molecule has 0 aliphatic heterocycles. The van der Waals surface area contributed by atoms with Gasteiger partial charge in [-0.25, -0.2) is 4.79 Å².